The van der Waals surface area contributed by atoms with Crippen LogP contribution in [0.2, 0.25) is 0 Å². The predicted molar refractivity (Wildman–Crippen MR) is 94.4 cm³/mol. The highest BCUT2D eigenvalue weighted by atomic mass is 16.5. The number of methoxy groups -OCH3 is 1. The number of nitrogens with one attached hydrogen (secondary N) is 3. The van der Waals surface area contributed by atoms with Gasteiger partial charge in [-0.2, -0.15) is 0 Å². The second-order valence-electron chi connectivity index (χ2n) is 5.83. The Hall–Kier alpha value is -2.44. The van der Waals surface area contributed by atoms with Crippen LogP contribution in [0, 0.1) is 0 Å². The Morgan fingerprint density at radius 1 is 1.12 bits per heavy atom. The van der Waals surface area contributed by atoms with Crippen molar-refractivity contribution in [3.8, 4) is 0 Å². The quantitative estimate of drug-likeness (QED) is 0.787. The third kappa shape index (κ3) is 3.72. The number of para-hydroxylation sites is 1. The lowest BCUT2D eigenvalue weighted by atomic mass is 9.91. The molecule has 1 aromatic carbocycles. The van der Waals surface area contributed by atoms with Crippen molar-refractivity contribution in [3.05, 3.63) is 48.7 Å². The molecular formula is C18H22N4O2. The zero-order chi connectivity index (χ0) is 16.8. The van der Waals surface area contributed by atoms with Crippen molar-refractivity contribution in [2.75, 3.05) is 30.8 Å². The minimum Gasteiger partial charge on any atom is -0.368 e. The largest absolute Gasteiger partial charge is 0.368 e. The molecule has 0 bridgehead atoms. The first-order valence-corrected chi connectivity index (χ1v) is 8.07. The number of hydrogen-bond donors (Lipinski definition) is 3. The number of ether oxygens (including phenoxy) is 1. The zero-order valence-electron chi connectivity index (χ0n) is 13.7. The molecule has 0 atom stereocenters. The fraction of sp³-hybridized carbons (Fsp3) is 0.333. The van der Waals surface area contributed by atoms with E-state index < -0.39 is 5.60 Å². The fourth-order valence-corrected chi connectivity index (χ4v) is 2.81. The number of benzene rings is 1. The van der Waals surface area contributed by atoms with E-state index >= 15 is 0 Å². The first-order valence-electron chi connectivity index (χ1n) is 8.07. The van der Waals surface area contributed by atoms with E-state index in [1.807, 2.05) is 42.5 Å². The molecule has 1 fully saturated rings. The minimum absolute atomic E-state index is 0.114. The van der Waals surface area contributed by atoms with Gasteiger partial charge < -0.3 is 20.7 Å². The molecule has 1 aliphatic rings. The van der Waals surface area contributed by atoms with Crippen LogP contribution in [0.1, 0.15) is 12.8 Å². The van der Waals surface area contributed by atoms with Crippen LogP contribution in [-0.2, 0) is 9.53 Å². The van der Waals surface area contributed by atoms with Gasteiger partial charge in [-0.1, -0.05) is 18.2 Å². The zero-order valence-corrected chi connectivity index (χ0v) is 13.7. The summed E-state index contributed by atoms with van der Waals surface area (Å²) in [6.45, 7) is 1.55. The van der Waals surface area contributed by atoms with Gasteiger partial charge in [-0.25, -0.2) is 4.98 Å². The van der Waals surface area contributed by atoms with Gasteiger partial charge in [0.15, 0.2) is 0 Å². The molecule has 6 nitrogen and oxygen atoms in total. The van der Waals surface area contributed by atoms with E-state index in [9.17, 15) is 4.79 Å². The average Bonchev–Trinajstić information content (AvgIpc) is 2.64. The number of nitrogens with zero attached hydrogens (tertiary/aromatic N) is 1. The molecule has 24 heavy (non-hydrogen) atoms. The fourth-order valence-electron chi connectivity index (χ4n) is 2.81. The van der Waals surface area contributed by atoms with Crippen molar-refractivity contribution in [1.29, 1.82) is 0 Å². The summed E-state index contributed by atoms with van der Waals surface area (Å²) in [5.74, 6) is 0.611. The Kier molecular flexibility index (Phi) is 5.08. The lowest BCUT2D eigenvalue weighted by Gasteiger charge is -2.34. The summed E-state index contributed by atoms with van der Waals surface area (Å²) < 4.78 is 5.53. The molecule has 0 saturated carbocycles. The van der Waals surface area contributed by atoms with E-state index in [0.29, 0.717) is 18.5 Å². The SMILES string of the molecule is COC1(C(=O)Nc2ccc(Nc3ccccc3)nc2)CCNCC1. The van der Waals surface area contributed by atoms with Gasteiger partial charge in [-0.3, -0.25) is 4.79 Å². The van der Waals surface area contributed by atoms with Gasteiger partial charge in [0.05, 0.1) is 11.9 Å². The Balaban J connectivity index is 1.64. The van der Waals surface area contributed by atoms with E-state index in [1.165, 1.54) is 0 Å². The standard InChI is InChI=1S/C18H22N4O2/c1-24-18(9-11-19-12-10-18)17(23)22-15-7-8-16(20-13-15)21-14-5-3-2-4-6-14/h2-8,13,19H,9-12H2,1H3,(H,20,21)(H,22,23). The third-order valence-corrected chi connectivity index (χ3v) is 4.28. The summed E-state index contributed by atoms with van der Waals surface area (Å²) in [4.78, 5) is 16.9. The molecule has 1 aliphatic heterocycles. The van der Waals surface area contributed by atoms with Crippen molar-refractivity contribution >= 4 is 23.1 Å². The van der Waals surface area contributed by atoms with Gasteiger partial charge in [0, 0.05) is 12.8 Å². The highest BCUT2D eigenvalue weighted by Gasteiger charge is 2.39. The molecule has 1 amide bonds. The summed E-state index contributed by atoms with van der Waals surface area (Å²) in [7, 11) is 1.59. The second-order valence-corrected chi connectivity index (χ2v) is 5.83. The Bertz CT molecular complexity index is 667. The van der Waals surface area contributed by atoms with Crippen molar-refractivity contribution in [3.63, 3.8) is 0 Å². The molecule has 1 aromatic heterocycles. The summed E-state index contributed by atoms with van der Waals surface area (Å²) in [5.41, 5.74) is 0.870. The maximum Gasteiger partial charge on any atom is 0.256 e. The van der Waals surface area contributed by atoms with Crippen LogP contribution < -0.4 is 16.0 Å². The van der Waals surface area contributed by atoms with Crippen molar-refractivity contribution in [2.24, 2.45) is 0 Å². The molecule has 0 aliphatic carbocycles. The van der Waals surface area contributed by atoms with Gasteiger partial charge in [0.2, 0.25) is 0 Å². The van der Waals surface area contributed by atoms with Crippen molar-refractivity contribution < 1.29 is 9.53 Å². The molecular weight excluding hydrogens is 304 g/mol. The highest BCUT2D eigenvalue weighted by molar-refractivity contribution is 5.97. The van der Waals surface area contributed by atoms with Crippen LogP contribution >= 0.6 is 0 Å². The van der Waals surface area contributed by atoms with Crippen molar-refractivity contribution in [2.45, 2.75) is 18.4 Å². The van der Waals surface area contributed by atoms with Gasteiger partial charge in [0.25, 0.3) is 5.91 Å². The molecule has 3 N–H and O–H groups in total. The first-order chi connectivity index (χ1) is 11.7. The number of hydrogen-bond acceptors (Lipinski definition) is 5. The summed E-state index contributed by atoms with van der Waals surface area (Å²) in [6.07, 6.45) is 2.97. The molecule has 2 heterocycles. The molecule has 126 valence electrons. The number of anilines is 3. The van der Waals surface area contributed by atoms with Crippen molar-refractivity contribution in [1.82, 2.24) is 10.3 Å². The van der Waals surface area contributed by atoms with Gasteiger partial charge in [-0.05, 0) is 50.2 Å². The number of pyridine rings is 1. The maximum absolute atomic E-state index is 12.6. The molecule has 3 rings (SSSR count). The summed E-state index contributed by atoms with van der Waals surface area (Å²) in [5, 5.41) is 9.36. The Morgan fingerprint density at radius 2 is 1.88 bits per heavy atom. The summed E-state index contributed by atoms with van der Waals surface area (Å²) in [6, 6.07) is 13.5. The van der Waals surface area contributed by atoms with E-state index in [0.717, 1.165) is 24.6 Å². The molecule has 0 radical (unpaired) electrons. The number of amides is 1. The van der Waals surface area contributed by atoms with Gasteiger partial charge >= 0.3 is 0 Å². The van der Waals surface area contributed by atoms with Crippen LogP contribution in [0.25, 0.3) is 0 Å². The van der Waals surface area contributed by atoms with Crippen LogP contribution in [0.3, 0.4) is 0 Å². The molecule has 1 saturated heterocycles. The van der Waals surface area contributed by atoms with Gasteiger partial charge in [0.1, 0.15) is 11.4 Å². The van der Waals surface area contributed by atoms with Crippen LogP contribution in [0.4, 0.5) is 17.2 Å². The second kappa shape index (κ2) is 7.42. The number of carbonyl (C=O) groups excluding carboxylic acids is 1. The van der Waals surface area contributed by atoms with E-state index in [2.05, 4.69) is 20.9 Å². The Morgan fingerprint density at radius 3 is 2.50 bits per heavy atom. The molecule has 2 aromatic rings. The molecule has 6 heteroatoms. The topological polar surface area (TPSA) is 75.3 Å². The number of piperidine rings is 1. The Labute approximate surface area is 141 Å². The molecule has 0 unspecified atom stereocenters. The maximum atomic E-state index is 12.6. The monoisotopic (exact) mass is 326 g/mol. The van der Waals surface area contributed by atoms with Crippen LogP contribution in [0.15, 0.2) is 48.7 Å². The number of rotatable bonds is 5. The highest BCUT2D eigenvalue weighted by Crippen LogP contribution is 2.25. The number of carbonyl (C=O) groups is 1. The summed E-state index contributed by atoms with van der Waals surface area (Å²) >= 11 is 0. The molecule has 0 spiro atoms. The van der Waals surface area contributed by atoms with Gasteiger partial charge in [-0.15, -0.1) is 0 Å². The van der Waals surface area contributed by atoms with E-state index in [-0.39, 0.29) is 5.91 Å². The smallest absolute Gasteiger partial charge is 0.256 e. The first kappa shape index (κ1) is 16.4. The van der Waals surface area contributed by atoms with Crippen LogP contribution in [0.5, 0.6) is 0 Å². The normalized spacial score (nSPS) is 16.4. The predicted octanol–water partition coefficient (Wildman–Crippen LogP) is 2.53. The number of aromatic nitrogens is 1. The lowest BCUT2D eigenvalue weighted by molar-refractivity contribution is -0.140. The van der Waals surface area contributed by atoms with E-state index in [1.54, 1.807) is 13.3 Å². The average molecular weight is 326 g/mol. The van der Waals surface area contributed by atoms with Crippen LogP contribution in [-0.4, -0.2) is 36.7 Å². The third-order valence-electron chi connectivity index (χ3n) is 4.28. The lowest BCUT2D eigenvalue weighted by Crippen LogP contribution is -2.51. The minimum atomic E-state index is -0.758. The van der Waals surface area contributed by atoms with E-state index in [4.69, 9.17) is 4.74 Å².